The van der Waals surface area contributed by atoms with E-state index in [1.807, 2.05) is 12.1 Å². The molecule has 1 unspecified atom stereocenters. The molecule has 7 nitrogen and oxygen atoms in total. The Kier molecular flexibility index (Phi) is 8.66. The van der Waals surface area contributed by atoms with Gasteiger partial charge in [-0.1, -0.05) is 35.3 Å². The van der Waals surface area contributed by atoms with Gasteiger partial charge in [-0.25, -0.2) is 4.98 Å². The molecule has 0 aliphatic carbocycles. The largest absolute Gasteiger partial charge is 0.383 e. The molecule has 184 valence electrons. The van der Waals surface area contributed by atoms with Crippen molar-refractivity contribution in [2.75, 3.05) is 58.4 Å². The van der Waals surface area contributed by atoms with Crippen molar-refractivity contribution in [3.05, 3.63) is 57.7 Å². The summed E-state index contributed by atoms with van der Waals surface area (Å²) in [5.41, 5.74) is 1.77. The molecule has 0 spiro atoms. The number of hydrogen-bond donors (Lipinski definition) is 1. The van der Waals surface area contributed by atoms with E-state index in [2.05, 4.69) is 37.1 Å². The van der Waals surface area contributed by atoms with Crippen LogP contribution in [0.25, 0.3) is 0 Å². The summed E-state index contributed by atoms with van der Waals surface area (Å²) in [4.78, 5) is 23.8. The number of aromatic nitrogens is 1. The van der Waals surface area contributed by atoms with Crippen LogP contribution in [0.2, 0.25) is 10.0 Å². The molecule has 1 aromatic carbocycles. The van der Waals surface area contributed by atoms with Crippen molar-refractivity contribution in [3.63, 3.8) is 0 Å². The first-order chi connectivity index (χ1) is 16.5. The molecule has 3 heterocycles. The van der Waals surface area contributed by atoms with Crippen molar-refractivity contribution in [2.24, 2.45) is 0 Å². The van der Waals surface area contributed by atoms with Crippen molar-refractivity contribution in [3.8, 4) is 0 Å². The molecule has 1 N–H and O–H groups in total. The average Bonchev–Trinajstić information content (AvgIpc) is 2.85. The lowest BCUT2D eigenvalue weighted by atomic mass is 9.99. The average molecular weight is 506 g/mol. The molecule has 1 aromatic heterocycles. The zero-order valence-electron chi connectivity index (χ0n) is 19.8. The number of hydrogen-bond acceptors (Lipinski definition) is 6. The fraction of sp³-hybridized carbons (Fsp3) is 0.520. The maximum absolute atomic E-state index is 11.9. The number of carbonyl (C=O) groups is 1. The normalized spacial score (nSPS) is 20.5. The van der Waals surface area contributed by atoms with E-state index >= 15 is 0 Å². The first kappa shape index (κ1) is 25.2. The van der Waals surface area contributed by atoms with Gasteiger partial charge in [0.05, 0.1) is 23.2 Å². The van der Waals surface area contributed by atoms with Crippen molar-refractivity contribution < 1.29 is 9.53 Å². The van der Waals surface area contributed by atoms with Gasteiger partial charge in [-0.3, -0.25) is 14.6 Å². The summed E-state index contributed by atoms with van der Waals surface area (Å²) in [6, 6.07) is 10.7. The summed E-state index contributed by atoms with van der Waals surface area (Å²) in [6.07, 6.45) is 3.88. The SMILES string of the molecule is CNC(=O)c1cnc(N2CCN(C3CCN(Cc4ccc(Cl)cc4)CC3)C(COC)C2)c(Cl)c1. The molecule has 34 heavy (non-hydrogen) atoms. The number of piperidine rings is 1. The molecule has 9 heteroatoms. The predicted octanol–water partition coefficient (Wildman–Crippen LogP) is 3.55. The number of ether oxygens (including phenoxy) is 1. The zero-order chi connectivity index (χ0) is 24.1. The Morgan fingerprint density at radius 1 is 1.15 bits per heavy atom. The molecule has 0 saturated carbocycles. The van der Waals surface area contributed by atoms with Gasteiger partial charge in [0.15, 0.2) is 0 Å². The van der Waals surface area contributed by atoms with E-state index in [9.17, 15) is 4.79 Å². The maximum atomic E-state index is 11.9. The van der Waals surface area contributed by atoms with Gasteiger partial charge in [0.1, 0.15) is 5.82 Å². The molecule has 2 aromatic rings. The molecular formula is C25H33Cl2N5O2. The molecule has 1 amide bonds. The van der Waals surface area contributed by atoms with Crippen LogP contribution in [0.3, 0.4) is 0 Å². The Bertz CT molecular complexity index is 966. The van der Waals surface area contributed by atoms with Crippen molar-refractivity contribution in [2.45, 2.75) is 31.5 Å². The van der Waals surface area contributed by atoms with Gasteiger partial charge in [0, 0.05) is 57.6 Å². The number of piperazine rings is 1. The summed E-state index contributed by atoms with van der Waals surface area (Å²) < 4.78 is 5.60. The Balaban J connectivity index is 1.36. The lowest BCUT2D eigenvalue weighted by Crippen LogP contribution is -2.60. The highest BCUT2D eigenvalue weighted by atomic mass is 35.5. The minimum atomic E-state index is -0.189. The zero-order valence-corrected chi connectivity index (χ0v) is 21.4. The van der Waals surface area contributed by atoms with Crippen LogP contribution in [0.5, 0.6) is 0 Å². The van der Waals surface area contributed by atoms with Gasteiger partial charge in [0.2, 0.25) is 0 Å². The van der Waals surface area contributed by atoms with E-state index in [1.54, 1.807) is 26.4 Å². The fourth-order valence-electron chi connectivity index (χ4n) is 5.07. The number of methoxy groups -OCH3 is 1. The second-order valence-corrected chi connectivity index (χ2v) is 9.88. The van der Waals surface area contributed by atoms with E-state index in [-0.39, 0.29) is 11.9 Å². The van der Waals surface area contributed by atoms with Gasteiger partial charge < -0.3 is 15.0 Å². The summed E-state index contributed by atoms with van der Waals surface area (Å²) in [5.74, 6) is 0.540. The molecule has 0 bridgehead atoms. The number of rotatable bonds is 7. The molecule has 4 rings (SSSR count). The van der Waals surface area contributed by atoms with E-state index in [1.165, 1.54) is 5.56 Å². The van der Waals surface area contributed by atoms with Crippen LogP contribution in [0.15, 0.2) is 36.5 Å². The van der Waals surface area contributed by atoms with Gasteiger partial charge in [-0.15, -0.1) is 0 Å². The standard InChI is InChI=1S/C25H33Cl2N5O2/c1-28-25(33)19-13-23(27)24(29-14-19)31-11-12-32(22(16-31)17-34-2)21-7-9-30(10-8-21)15-18-3-5-20(26)6-4-18/h3-6,13-14,21-22H,7-12,15-17H2,1-2H3,(H,28,33). The van der Waals surface area contributed by atoms with Crippen molar-refractivity contribution in [1.82, 2.24) is 20.1 Å². The number of carbonyl (C=O) groups excluding carboxylic acids is 1. The third-order valence-corrected chi connectivity index (χ3v) is 7.37. The summed E-state index contributed by atoms with van der Waals surface area (Å²) in [6.45, 7) is 6.38. The van der Waals surface area contributed by atoms with Gasteiger partial charge in [-0.2, -0.15) is 0 Å². The fourth-order valence-corrected chi connectivity index (χ4v) is 5.48. The van der Waals surface area contributed by atoms with Crippen LogP contribution < -0.4 is 10.2 Å². The Labute approximate surface area is 212 Å². The lowest BCUT2D eigenvalue weighted by Gasteiger charge is -2.47. The first-order valence-electron chi connectivity index (χ1n) is 11.8. The third kappa shape index (κ3) is 6.01. The topological polar surface area (TPSA) is 60.9 Å². The number of pyridine rings is 1. The van der Waals surface area contributed by atoms with Crippen LogP contribution in [0, 0.1) is 0 Å². The van der Waals surface area contributed by atoms with Crippen LogP contribution in [0.1, 0.15) is 28.8 Å². The predicted molar refractivity (Wildman–Crippen MR) is 137 cm³/mol. The third-order valence-electron chi connectivity index (χ3n) is 6.84. The first-order valence-corrected chi connectivity index (χ1v) is 12.6. The minimum absolute atomic E-state index is 0.189. The molecule has 1 atom stereocenters. The molecule has 2 aliphatic rings. The molecular weight excluding hydrogens is 473 g/mol. The Hall–Kier alpha value is -1.90. The number of likely N-dealkylation sites (tertiary alicyclic amines) is 1. The van der Waals surface area contributed by atoms with E-state index in [4.69, 9.17) is 27.9 Å². The quantitative estimate of drug-likeness (QED) is 0.620. The van der Waals surface area contributed by atoms with Crippen molar-refractivity contribution in [1.29, 1.82) is 0 Å². The summed E-state index contributed by atoms with van der Waals surface area (Å²) in [7, 11) is 3.36. The second kappa shape index (κ2) is 11.7. The van der Waals surface area contributed by atoms with Crippen LogP contribution in [0.4, 0.5) is 5.82 Å². The highest BCUT2D eigenvalue weighted by molar-refractivity contribution is 6.33. The Morgan fingerprint density at radius 3 is 2.53 bits per heavy atom. The molecule has 2 aliphatic heterocycles. The number of amides is 1. The molecule has 2 fully saturated rings. The number of nitrogens with zero attached hydrogens (tertiary/aromatic N) is 4. The highest BCUT2D eigenvalue weighted by Gasteiger charge is 2.34. The monoisotopic (exact) mass is 505 g/mol. The lowest BCUT2D eigenvalue weighted by molar-refractivity contribution is 0.0250. The van der Waals surface area contributed by atoms with Gasteiger partial charge in [-0.05, 0) is 49.7 Å². The van der Waals surface area contributed by atoms with Crippen LogP contribution >= 0.6 is 23.2 Å². The van der Waals surface area contributed by atoms with Crippen LogP contribution in [-0.4, -0.2) is 86.3 Å². The highest BCUT2D eigenvalue weighted by Crippen LogP contribution is 2.29. The van der Waals surface area contributed by atoms with E-state index in [0.29, 0.717) is 23.2 Å². The number of nitrogens with one attached hydrogen (secondary N) is 1. The van der Waals surface area contributed by atoms with E-state index in [0.717, 1.165) is 63.0 Å². The second-order valence-electron chi connectivity index (χ2n) is 9.04. The molecule has 2 saturated heterocycles. The summed E-state index contributed by atoms with van der Waals surface area (Å²) >= 11 is 12.5. The Morgan fingerprint density at radius 2 is 1.88 bits per heavy atom. The van der Waals surface area contributed by atoms with Crippen LogP contribution in [-0.2, 0) is 11.3 Å². The number of benzene rings is 1. The smallest absolute Gasteiger partial charge is 0.252 e. The van der Waals surface area contributed by atoms with Gasteiger partial charge >= 0.3 is 0 Å². The maximum Gasteiger partial charge on any atom is 0.252 e. The molecule has 0 radical (unpaired) electrons. The number of halogens is 2. The van der Waals surface area contributed by atoms with Gasteiger partial charge in [0.25, 0.3) is 5.91 Å². The minimum Gasteiger partial charge on any atom is -0.383 e. The number of anilines is 1. The van der Waals surface area contributed by atoms with E-state index < -0.39 is 0 Å². The summed E-state index contributed by atoms with van der Waals surface area (Å²) in [5, 5.41) is 3.89. The van der Waals surface area contributed by atoms with Crippen molar-refractivity contribution >= 4 is 34.9 Å².